The first-order chi connectivity index (χ1) is 24.1. The first-order valence-corrected chi connectivity index (χ1v) is 23.3. The molecule has 7 nitrogen and oxygen atoms in total. The molecule has 0 radical (unpaired) electrons. The zero-order valence-corrected chi connectivity index (χ0v) is 35.1. The van der Waals surface area contributed by atoms with E-state index in [0.29, 0.717) is 13.0 Å². The molecule has 0 bridgehead atoms. The van der Waals surface area contributed by atoms with E-state index in [1.54, 1.807) is 0 Å². The van der Waals surface area contributed by atoms with Crippen LogP contribution in [0.15, 0.2) is 0 Å². The molecule has 0 saturated carbocycles. The van der Waals surface area contributed by atoms with Crippen molar-refractivity contribution in [3.05, 3.63) is 0 Å². The highest BCUT2D eigenvalue weighted by Gasteiger charge is 2.41. The fourth-order valence-electron chi connectivity index (χ4n) is 7.20. The highest BCUT2D eigenvalue weighted by Crippen LogP contribution is 2.44. The summed E-state index contributed by atoms with van der Waals surface area (Å²) in [6.45, 7) is 6.05. The minimum Gasteiger partial charge on any atom is -0.347 e. The Hall–Kier alpha value is -0.0100. The van der Waals surface area contributed by atoms with Crippen LogP contribution < -0.4 is 0 Å². The summed E-state index contributed by atoms with van der Waals surface area (Å²) < 4.78 is 36.8. The second kappa shape index (κ2) is 31.4. The molecule has 300 valence electrons. The van der Waals surface area contributed by atoms with Gasteiger partial charge in [0.15, 0.2) is 5.79 Å². The van der Waals surface area contributed by atoms with Crippen molar-refractivity contribution in [2.24, 2.45) is 0 Å². The molecule has 2 unspecified atom stereocenters. The first-order valence-electron chi connectivity index (χ1n) is 21.9. The topological polar surface area (TPSA) is 74.2 Å². The summed E-state index contributed by atoms with van der Waals surface area (Å²) in [6, 6.07) is 0. The van der Waals surface area contributed by atoms with Gasteiger partial charge in [-0.2, -0.15) is 0 Å². The van der Waals surface area contributed by atoms with Crippen LogP contribution in [0.3, 0.4) is 0 Å². The minimum atomic E-state index is -4.12. The highest BCUT2D eigenvalue weighted by molar-refractivity contribution is 7.47. The van der Waals surface area contributed by atoms with Gasteiger partial charge < -0.3 is 18.9 Å². The fraction of sp³-hybridized carbons (Fsp3) is 1.00. The van der Waals surface area contributed by atoms with E-state index < -0.39 is 13.6 Å². The van der Waals surface area contributed by atoms with E-state index in [2.05, 4.69) is 35.0 Å². The molecule has 50 heavy (non-hydrogen) atoms. The molecule has 1 N–H and O–H groups in total. The summed E-state index contributed by atoms with van der Waals surface area (Å²) in [5.41, 5.74) is 0. The maximum absolute atomic E-state index is 12.5. The lowest BCUT2D eigenvalue weighted by Crippen LogP contribution is -2.35. The van der Waals surface area contributed by atoms with Crippen LogP contribution in [0, 0.1) is 0 Å². The van der Waals surface area contributed by atoms with Crippen LogP contribution in [-0.2, 0) is 23.1 Å². The van der Waals surface area contributed by atoms with Gasteiger partial charge in [0, 0.05) is 19.3 Å². The average molecular weight is 733 g/mol. The van der Waals surface area contributed by atoms with Crippen molar-refractivity contribution in [3.63, 3.8) is 0 Å². The Morgan fingerprint density at radius 1 is 0.580 bits per heavy atom. The molecule has 0 amide bonds. The fourth-order valence-corrected chi connectivity index (χ4v) is 7.99. The highest BCUT2D eigenvalue weighted by atomic mass is 31.2. The number of quaternary nitrogens is 1. The number of nitrogens with zero attached hydrogens (tertiary/aromatic N) is 1. The van der Waals surface area contributed by atoms with Crippen LogP contribution in [0.5, 0.6) is 0 Å². The SMILES string of the molecule is CCCCCCCCCCCCCCCCC1(CCCCCCCCCCCCCCCC)OCC(COP(=O)(O)OCCC[N+](C)(C)C)O1. The zero-order valence-electron chi connectivity index (χ0n) is 34.2. The monoisotopic (exact) mass is 733 g/mol. The molecule has 0 spiro atoms. The van der Waals surface area contributed by atoms with Gasteiger partial charge in [-0.15, -0.1) is 0 Å². The van der Waals surface area contributed by atoms with Crippen molar-refractivity contribution in [1.29, 1.82) is 0 Å². The second-order valence-corrected chi connectivity index (χ2v) is 18.1. The van der Waals surface area contributed by atoms with Gasteiger partial charge in [-0.3, -0.25) is 9.05 Å². The summed E-state index contributed by atoms with van der Waals surface area (Å²) in [5.74, 6) is -0.590. The molecule has 8 heteroatoms. The molecule has 1 rings (SSSR count). The minimum absolute atomic E-state index is 0.0162. The van der Waals surface area contributed by atoms with Gasteiger partial charge in [0.25, 0.3) is 0 Å². The lowest BCUT2D eigenvalue weighted by molar-refractivity contribution is -0.870. The van der Waals surface area contributed by atoms with Crippen molar-refractivity contribution in [1.82, 2.24) is 0 Å². The maximum atomic E-state index is 12.5. The van der Waals surface area contributed by atoms with E-state index in [0.717, 1.165) is 36.7 Å². The molecule has 1 aliphatic rings. The van der Waals surface area contributed by atoms with Crippen molar-refractivity contribution in [3.8, 4) is 0 Å². The Morgan fingerprint density at radius 2 is 0.940 bits per heavy atom. The Morgan fingerprint density at radius 3 is 1.30 bits per heavy atom. The molecule has 1 fully saturated rings. The second-order valence-electron chi connectivity index (χ2n) is 16.6. The number of unbranched alkanes of at least 4 members (excludes halogenated alkanes) is 26. The third-order valence-electron chi connectivity index (χ3n) is 10.4. The van der Waals surface area contributed by atoms with Gasteiger partial charge in [-0.1, -0.05) is 181 Å². The lowest BCUT2D eigenvalue weighted by atomic mass is 9.98. The Balaban J connectivity index is 2.33. The molecule has 0 aromatic carbocycles. The average Bonchev–Trinajstić information content (AvgIpc) is 3.49. The summed E-state index contributed by atoms with van der Waals surface area (Å²) in [4.78, 5) is 10.2. The number of phosphoric acid groups is 1. The predicted molar refractivity (Wildman–Crippen MR) is 213 cm³/mol. The number of rotatable bonds is 38. The summed E-state index contributed by atoms with van der Waals surface area (Å²) in [7, 11) is 2.16. The van der Waals surface area contributed by atoms with Crippen LogP contribution in [-0.4, -0.2) is 68.8 Å². The molecule has 2 atom stereocenters. The predicted octanol–water partition coefficient (Wildman–Crippen LogP) is 13.1. The van der Waals surface area contributed by atoms with E-state index in [4.69, 9.17) is 18.5 Å². The number of ether oxygens (including phenoxy) is 2. The smallest absolute Gasteiger partial charge is 0.347 e. The molecule has 1 saturated heterocycles. The normalized spacial score (nSPS) is 17.4. The molecular weight excluding hydrogens is 645 g/mol. The molecule has 1 aliphatic heterocycles. The van der Waals surface area contributed by atoms with Gasteiger partial charge in [0.1, 0.15) is 6.10 Å². The van der Waals surface area contributed by atoms with Crippen LogP contribution in [0.1, 0.15) is 213 Å². The first kappa shape index (κ1) is 48.0. The molecule has 0 aromatic rings. The van der Waals surface area contributed by atoms with Gasteiger partial charge in [0.2, 0.25) is 0 Å². The van der Waals surface area contributed by atoms with Crippen molar-refractivity contribution in [2.75, 3.05) is 47.5 Å². The Bertz CT molecular complexity index is 759. The van der Waals surface area contributed by atoms with Gasteiger partial charge in [-0.05, 0) is 12.8 Å². The van der Waals surface area contributed by atoms with E-state index in [1.807, 2.05) is 0 Å². The maximum Gasteiger partial charge on any atom is 0.472 e. The Labute approximate surface area is 311 Å². The van der Waals surface area contributed by atoms with Crippen LogP contribution in [0.4, 0.5) is 0 Å². The van der Waals surface area contributed by atoms with Crippen LogP contribution in [0.2, 0.25) is 0 Å². The summed E-state index contributed by atoms with van der Waals surface area (Å²) in [5, 5.41) is 0. The number of hydrogen-bond acceptors (Lipinski definition) is 5. The quantitative estimate of drug-likeness (QED) is 0.0387. The van der Waals surface area contributed by atoms with Crippen LogP contribution in [0.25, 0.3) is 0 Å². The van der Waals surface area contributed by atoms with Crippen molar-refractivity contribution >= 4 is 7.82 Å². The van der Waals surface area contributed by atoms with Crippen LogP contribution >= 0.6 is 7.82 Å². The molecule has 0 aliphatic carbocycles. The number of hydrogen-bond donors (Lipinski definition) is 1. The number of phosphoric ester groups is 1. The van der Waals surface area contributed by atoms with Gasteiger partial charge in [0.05, 0.1) is 47.5 Å². The summed E-state index contributed by atoms with van der Waals surface area (Å²) >= 11 is 0. The van der Waals surface area contributed by atoms with E-state index >= 15 is 0 Å². The molecule has 1 heterocycles. The standard InChI is InChI=1S/C42H86NO6P/c1-6-8-10-12-14-16-18-20-22-24-26-28-30-32-35-42(36-33-31-29-27-25-23-21-19-17-15-13-11-9-7-2)46-39-41(49-42)40-48-50(44,45)47-38-34-37-43(3,4)5/h41H,6-40H2,1-5H3/p+1. The third-order valence-corrected chi connectivity index (χ3v) is 11.4. The largest absolute Gasteiger partial charge is 0.472 e. The summed E-state index contributed by atoms with van der Waals surface area (Å²) in [6.07, 6.45) is 39.8. The van der Waals surface area contributed by atoms with E-state index in [1.165, 1.54) is 167 Å². The van der Waals surface area contributed by atoms with Crippen molar-refractivity contribution < 1.29 is 32.5 Å². The van der Waals surface area contributed by atoms with Gasteiger partial charge >= 0.3 is 7.82 Å². The molecular formula is C42H87NO6P+. The zero-order chi connectivity index (χ0) is 36.7. The Kier molecular flexibility index (Phi) is 30.1. The van der Waals surface area contributed by atoms with Crippen molar-refractivity contribution in [2.45, 2.75) is 225 Å². The lowest BCUT2D eigenvalue weighted by Gasteiger charge is -2.28. The van der Waals surface area contributed by atoms with Gasteiger partial charge in [-0.25, -0.2) is 4.57 Å². The third kappa shape index (κ3) is 29.4. The van der Waals surface area contributed by atoms with E-state index in [-0.39, 0.29) is 19.3 Å². The molecule has 0 aromatic heterocycles. The van der Waals surface area contributed by atoms with E-state index in [9.17, 15) is 9.46 Å².